The molecule has 0 unspecified atom stereocenters. The van der Waals surface area contributed by atoms with Gasteiger partial charge in [0.15, 0.2) is 0 Å². The first kappa shape index (κ1) is 26.1. The predicted octanol–water partition coefficient (Wildman–Crippen LogP) is 1.81. The van der Waals surface area contributed by atoms with Gasteiger partial charge in [-0.2, -0.15) is 4.31 Å². The molecule has 11 heteroatoms. The molecule has 2 aromatic rings. The van der Waals surface area contributed by atoms with Crippen molar-refractivity contribution in [2.75, 3.05) is 33.3 Å². The Kier molecular flexibility index (Phi) is 8.34. The van der Waals surface area contributed by atoms with Gasteiger partial charge in [-0.1, -0.05) is 17.7 Å². The van der Waals surface area contributed by atoms with Crippen LogP contribution in [0, 0.1) is 19.8 Å². The third-order valence-corrected chi connectivity index (χ3v) is 9.25. The van der Waals surface area contributed by atoms with E-state index in [9.17, 15) is 21.6 Å². The van der Waals surface area contributed by atoms with Gasteiger partial charge in [0.1, 0.15) is 5.75 Å². The fourth-order valence-electron chi connectivity index (χ4n) is 3.83. The predicted molar refractivity (Wildman–Crippen MR) is 129 cm³/mol. The standard InChI is InChI=1S/C23H31N3O6S2/c1-17-4-6-20(7-5-17)33(28,29)25-13-12-24-23(27)19-10-14-26(15-11-19)34(30,31)21-8-9-22(32-3)18(2)16-21/h4-9,16,19,25H,10-15H2,1-3H3,(H,24,27). The second-order valence-corrected chi connectivity index (χ2v) is 12.0. The van der Waals surface area contributed by atoms with Gasteiger partial charge in [-0.3, -0.25) is 4.79 Å². The van der Waals surface area contributed by atoms with Gasteiger partial charge in [0.2, 0.25) is 26.0 Å². The molecule has 1 saturated heterocycles. The molecule has 3 rings (SSSR count). The molecule has 1 amide bonds. The summed E-state index contributed by atoms with van der Waals surface area (Å²) in [6, 6.07) is 11.3. The van der Waals surface area contributed by atoms with Crippen LogP contribution in [-0.2, 0) is 24.8 Å². The van der Waals surface area contributed by atoms with Crippen molar-refractivity contribution >= 4 is 26.0 Å². The zero-order valence-corrected chi connectivity index (χ0v) is 21.2. The minimum absolute atomic E-state index is 0.0615. The normalized spacial score (nSPS) is 15.7. The molecule has 0 spiro atoms. The van der Waals surface area contributed by atoms with Gasteiger partial charge >= 0.3 is 0 Å². The molecule has 34 heavy (non-hydrogen) atoms. The number of aryl methyl sites for hydroxylation is 2. The summed E-state index contributed by atoms with van der Waals surface area (Å²) in [5, 5.41) is 2.74. The average Bonchev–Trinajstić information content (AvgIpc) is 2.82. The van der Waals surface area contributed by atoms with Gasteiger partial charge in [-0.15, -0.1) is 0 Å². The van der Waals surface area contributed by atoms with Crippen molar-refractivity contribution in [1.29, 1.82) is 0 Å². The van der Waals surface area contributed by atoms with Gasteiger partial charge < -0.3 is 10.1 Å². The number of sulfonamides is 2. The van der Waals surface area contributed by atoms with Crippen LogP contribution in [0.2, 0.25) is 0 Å². The monoisotopic (exact) mass is 509 g/mol. The molecule has 0 radical (unpaired) electrons. The number of rotatable bonds is 9. The van der Waals surface area contributed by atoms with Crippen LogP contribution in [0.15, 0.2) is 52.3 Å². The van der Waals surface area contributed by atoms with Crippen LogP contribution in [0.25, 0.3) is 0 Å². The van der Waals surface area contributed by atoms with Gasteiger partial charge in [-0.25, -0.2) is 21.6 Å². The first-order valence-electron chi connectivity index (χ1n) is 11.0. The zero-order chi connectivity index (χ0) is 24.9. The Morgan fingerprint density at radius 1 is 0.971 bits per heavy atom. The van der Waals surface area contributed by atoms with Crippen LogP contribution >= 0.6 is 0 Å². The van der Waals surface area contributed by atoms with Crippen molar-refractivity contribution < 1.29 is 26.4 Å². The first-order chi connectivity index (χ1) is 16.0. The van der Waals surface area contributed by atoms with Crippen molar-refractivity contribution in [2.24, 2.45) is 5.92 Å². The maximum absolute atomic E-state index is 13.0. The van der Waals surface area contributed by atoms with E-state index in [4.69, 9.17) is 4.74 Å². The number of hydrogen-bond acceptors (Lipinski definition) is 6. The molecule has 1 aliphatic rings. The molecule has 0 bridgehead atoms. The summed E-state index contributed by atoms with van der Waals surface area (Å²) in [6.45, 7) is 4.35. The van der Waals surface area contributed by atoms with E-state index in [-0.39, 0.29) is 47.8 Å². The highest BCUT2D eigenvalue weighted by atomic mass is 32.2. The lowest BCUT2D eigenvalue weighted by atomic mass is 9.97. The Bertz CT molecular complexity index is 1220. The largest absolute Gasteiger partial charge is 0.496 e. The highest BCUT2D eigenvalue weighted by molar-refractivity contribution is 7.89. The van der Waals surface area contributed by atoms with Gasteiger partial charge in [0.05, 0.1) is 16.9 Å². The summed E-state index contributed by atoms with van der Waals surface area (Å²) in [4.78, 5) is 12.9. The number of carbonyl (C=O) groups excluding carboxylic acids is 1. The first-order valence-corrected chi connectivity index (χ1v) is 14.0. The van der Waals surface area contributed by atoms with Crippen LogP contribution in [0.1, 0.15) is 24.0 Å². The number of nitrogens with one attached hydrogen (secondary N) is 2. The minimum Gasteiger partial charge on any atom is -0.496 e. The molecule has 1 fully saturated rings. The van der Waals surface area contributed by atoms with Crippen LogP contribution < -0.4 is 14.8 Å². The lowest BCUT2D eigenvalue weighted by molar-refractivity contribution is -0.126. The summed E-state index contributed by atoms with van der Waals surface area (Å²) in [5.41, 5.74) is 1.69. The van der Waals surface area contributed by atoms with E-state index >= 15 is 0 Å². The number of methoxy groups -OCH3 is 1. The number of benzene rings is 2. The molecular weight excluding hydrogens is 478 g/mol. The fourth-order valence-corrected chi connectivity index (χ4v) is 6.42. The average molecular weight is 510 g/mol. The second kappa shape index (κ2) is 10.9. The maximum atomic E-state index is 13.0. The van der Waals surface area contributed by atoms with Crippen LogP contribution in [-0.4, -0.2) is 60.3 Å². The molecule has 9 nitrogen and oxygen atoms in total. The van der Waals surface area contributed by atoms with Crippen LogP contribution in [0.5, 0.6) is 5.75 Å². The number of nitrogens with zero attached hydrogens (tertiary/aromatic N) is 1. The van der Waals surface area contributed by atoms with Crippen molar-refractivity contribution in [3.05, 3.63) is 53.6 Å². The van der Waals surface area contributed by atoms with Crippen LogP contribution in [0.4, 0.5) is 0 Å². The van der Waals surface area contributed by atoms with E-state index in [0.717, 1.165) is 11.1 Å². The smallest absolute Gasteiger partial charge is 0.243 e. The van der Waals surface area contributed by atoms with E-state index in [0.29, 0.717) is 18.6 Å². The van der Waals surface area contributed by atoms with Crippen molar-refractivity contribution in [1.82, 2.24) is 14.3 Å². The van der Waals surface area contributed by atoms with E-state index in [1.54, 1.807) is 31.2 Å². The third kappa shape index (κ3) is 6.15. The van der Waals surface area contributed by atoms with E-state index in [1.807, 2.05) is 6.92 Å². The Balaban J connectivity index is 1.47. The second-order valence-electron chi connectivity index (χ2n) is 8.31. The molecule has 0 saturated carbocycles. The Hall–Kier alpha value is -2.47. The SMILES string of the molecule is COc1ccc(S(=O)(=O)N2CCC(C(=O)NCCNS(=O)(=O)c3ccc(C)cc3)CC2)cc1C. The summed E-state index contributed by atoms with van der Waals surface area (Å²) >= 11 is 0. The minimum atomic E-state index is -3.66. The molecule has 2 aromatic carbocycles. The molecule has 0 aliphatic carbocycles. The van der Waals surface area contributed by atoms with E-state index in [1.165, 1.54) is 29.6 Å². The molecule has 1 heterocycles. The van der Waals surface area contributed by atoms with E-state index < -0.39 is 20.0 Å². The zero-order valence-electron chi connectivity index (χ0n) is 19.6. The maximum Gasteiger partial charge on any atom is 0.243 e. The van der Waals surface area contributed by atoms with Crippen molar-refractivity contribution in [3.8, 4) is 5.75 Å². The Morgan fingerprint density at radius 2 is 1.59 bits per heavy atom. The molecule has 186 valence electrons. The van der Waals surface area contributed by atoms with Crippen molar-refractivity contribution in [3.63, 3.8) is 0 Å². The molecule has 2 N–H and O–H groups in total. The summed E-state index contributed by atoms with van der Waals surface area (Å²) in [7, 11) is -5.76. The Morgan fingerprint density at radius 3 is 2.18 bits per heavy atom. The topological polar surface area (TPSA) is 122 Å². The number of ether oxygens (including phenoxy) is 1. The van der Waals surface area contributed by atoms with Gasteiger partial charge in [0, 0.05) is 32.1 Å². The fraction of sp³-hybridized carbons (Fsp3) is 0.435. The number of hydrogen-bond donors (Lipinski definition) is 2. The Labute approximate surface area is 201 Å². The summed E-state index contributed by atoms with van der Waals surface area (Å²) in [5.74, 6) is 0.0973. The van der Waals surface area contributed by atoms with Gasteiger partial charge in [0.25, 0.3) is 0 Å². The van der Waals surface area contributed by atoms with E-state index in [2.05, 4.69) is 10.0 Å². The quantitative estimate of drug-likeness (QED) is 0.497. The lowest BCUT2D eigenvalue weighted by Crippen LogP contribution is -2.44. The summed E-state index contributed by atoms with van der Waals surface area (Å²) < 4.78 is 59.6. The number of amides is 1. The highest BCUT2D eigenvalue weighted by Crippen LogP contribution is 2.27. The van der Waals surface area contributed by atoms with Gasteiger partial charge in [-0.05, 0) is 62.6 Å². The lowest BCUT2D eigenvalue weighted by Gasteiger charge is -2.30. The van der Waals surface area contributed by atoms with Crippen LogP contribution in [0.3, 0.4) is 0 Å². The molecule has 1 aliphatic heterocycles. The third-order valence-electron chi connectivity index (χ3n) is 5.88. The highest BCUT2D eigenvalue weighted by Gasteiger charge is 2.32. The molecule has 0 atom stereocenters. The molecule has 0 aromatic heterocycles. The summed E-state index contributed by atoms with van der Waals surface area (Å²) in [6.07, 6.45) is 0.796. The number of piperidine rings is 1. The van der Waals surface area contributed by atoms with Crippen molar-refractivity contribution in [2.45, 2.75) is 36.5 Å². The molecular formula is C23H31N3O6S2. The number of carbonyl (C=O) groups is 1.